The molecule has 1 amide bonds. The third kappa shape index (κ3) is 3.06. The maximum atomic E-state index is 13.6. The van der Waals surface area contributed by atoms with E-state index in [-0.39, 0.29) is 17.1 Å². The van der Waals surface area contributed by atoms with Crippen LogP contribution in [0.5, 0.6) is 0 Å². The van der Waals surface area contributed by atoms with E-state index >= 15 is 0 Å². The van der Waals surface area contributed by atoms with Gasteiger partial charge in [0.05, 0.1) is 11.3 Å². The van der Waals surface area contributed by atoms with Crippen molar-refractivity contribution in [2.75, 3.05) is 12.4 Å². The van der Waals surface area contributed by atoms with Crippen molar-refractivity contribution in [3.8, 4) is 0 Å². The van der Waals surface area contributed by atoms with Crippen molar-refractivity contribution in [1.82, 2.24) is 5.32 Å². The first-order chi connectivity index (χ1) is 9.06. The van der Waals surface area contributed by atoms with Crippen LogP contribution in [0.25, 0.3) is 0 Å². The molecule has 0 radical (unpaired) electrons. The van der Waals surface area contributed by atoms with Gasteiger partial charge in [0.15, 0.2) is 0 Å². The summed E-state index contributed by atoms with van der Waals surface area (Å²) in [4.78, 5) is 12.3. The molecular weight excluding hydrogens is 243 g/mol. The minimum Gasteiger partial charge on any atom is -0.385 e. The number of amides is 1. The number of anilines is 1. The lowest BCUT2D eigenvalue weighted by Crippen LogP contribution is -2.47. The fourth-order valence-electron chi connectivity index (χ4n) is 2.77. The average molecular weight is 264 g/mol. The van der Waals surface area contributed by atoms with Gasteiger partial charge in [-0.15, -0.1) is 0 Å². The largest absolute Gasteiger partial charge is 0.385 e. The molecule has 19 heavy (non-hydrogen) atoms. The first kappa shape index (κ1) is 13.8. The Morgan fingerprint density at radius 1 is 1.26 bits per heavy atom. The van der Waals surface area contributed by atoms with E-state index in [0.29, 0.717) is 5.56 Å². The highest BCUT2D eigenvalue weighted by molar-refractivity contribution is 6.00. The number of hydrogen-bond acceptors (Lipinski definition) is 2. The highest BCUT2D eigenvalue weighted by atomic mass is 19.1. The number of para-hydroxylation sites is 1. The number of nitrogens with one attached hydrogen (secondary N) is 2. The van der Waals surface area contributed by atoms with E-state index in [2.05, 4.69) is 17.6 Å². The van der Waals surface area contributed by atoms with Crippen LogP contribution in [0.15, 0.2) is 18.2 Å². The molecule has 2 N–H and O–H groups in total. The van der Waals surface area contributed by atoms with Gasteiger partial charge in [-0.1, -0.05) is 25.3 Å². The number of benzene rings is 1. The second-order valence-electron chi connectivity index (χ2n) is 5.49. The standard InChI is InChI=1S/C15H21FN2O/c1-15(9-4-3-5-10-15)18-14(19)11-7-6-8-12(16)13(11)17-2/h6-8,17H,3-5,9-10H2,1-2H3,(H,18,19). The second-order valence-corrected chi connectivity index (χ2v) is 5.49. The minimum absolute atomic E-state index is 0.160. The summed E-state index contributed by atoms with van der Waals surface area (Å²) >= 11 is 0. The van der Waals surface area contributed by atoms with Gasteiger partial charge in [0.1, 0.15) is 5.82 Å². The molecule has 1 aliphatic carbocycles. The van der Waals surface area contributed by atoms with Crippen LogP contribution in [0.3, 0.4) is 0 Å². The fraction of sp³-hybridized carbons (Fsp3) is 0.533. The topological polar surface area (TPSA) is 41.1 Å². The Bertz CT molecular complexity index is 467. The summed E-state index contributed by atoms with van der Waals surface area (Å²) in [6, 6.07) is 4.57. The van der Waals surface area contributed by atoms with Crippen molar-refractivity contribution in [3.63, 3.8) is 0 Å². The zero-order chi connectivity index (χ0) is 13.9. The summed E-state index contributed by atoms with van der Waals surface area (Å²) in [6.45, 7) is 2.07. The molecular formula is C15H21FN2O. The molecule has 0 heterocycles. The van der Waals surface area contributed by atoms with Crippen LogP contribution in [0.1, 0.15) is 49.4 Å². The molecule has 0 unspecified atom stereocenters. The van der Waals surface area contributed by atoms with Crippen molar-refractivity contribution in [2.45, 2.75) is 44.6 Å². The Balaban J connectivity index is 2.18. The van der Waals surface area contributed by atoms with Gasteiger partial charge in [0.2, 0.25) is 0 Å². The summed E-state index contributed by atoms with van der Waals surface area (Å²) in [5.74, 6) is -0.600. The molecule has 1 aromatic carbocycles. The number of rotatable bonds is 3. The van der Waals surface area contributed by atoms with Crippen LogP contribution in [-0.2, 0) is 0 Å². The quantitative estimate of drug-likeness (QED) is 0.879. The average Bonchev–Trinajstić information content (AvgIpc) is 2.38. The Morgan fingerprint density at radius 2 is 1.95 bits per heavy atom. The molecule has 0 saturated heterocycles. The van der Waals surface area contributed by atoms with Crippen LogP contribution in [0.2, 0.25) is 0 Å². The van der Waals surface area contributed by atoms with Crippen LogP contribution in [0.4, 0.5) is 10.1 Å². The van der Waals surface area contributed by atoms with Gasteiger partial charge in [-0.3, -0.25) is 4.79 Å². The van der Waals surface area contributed by atoms with Gasteiger partial charge in [-0.05, 0) is 31.9 Å². The number of hydrogen-bond donors (Lipinski definition) is 2. The van der Waals surface area contributed by atoms with E-state index in [4.69, 9.17) is 0 Å². The normalized spacial score (nSPS) is 17.8. The van der Waals surface area contributed by atoms with Crippen molar-refractivity contribution in [1.29, 1.82) is 0 Å². The summed E-state index contributed by atoms with van der Waals surface area (Å²) in [5, 5.41) is 5.83. The Kier molecular flexibility index (Phi) is 4.08. The summed E-state index contributed by atoms with van der Waals surface area (Å²) in [5.41, 5.74) is 0.473. The van der Waals surface area contributed by atoms with E-state index < -0.39 is 5.82 Å². The van der Waals surface area contributed by atoms with Gasteiger partial charge in [0.25, 0.3) is 5.91 Å². The fourth-order valence-corrected chi connectivity index (χ4v) is 2.77. The third-order valence-corrected chi connectivity index (χ3v) is 3.88. The molecule has 2 rings (SSSR count). The van der Waals surface area contributed by atoms with Gasteiger partial charge in [-0.2, -0.15) is 0 Å². The molecule has 1 aliphatic rings. The van der Waals surface area contributed by atoms with Crippen LogP contribution >= 0.6 is 0 Å². The molecule has 0 atom stereocenters. The van der Waals surface area contributed by atoms with E-state index in [0.717, 1.165) is 25.7 Å². The minimum atomic E-state index is -0.399. The second kappa shape index (κ2) is 5.59. The van der Waals surface area contributed by atoms with Crippen molar-refractivity contribution in [2.24, 2.45) is 0 Å². The van der Waals surface area contributed by atoms with Crippen LogP contribution in [-0.4, -0.2) is 18.5 Å². The molecule has 0 aliphatic heterocycles. The summed E-state index contributed by atoms with van der Waals surface area (Å²) in [7, 11) is 1.62. The van der Waals surface area contributed by atoms with Gasteiger partial charge < -0.3 is 10.6 Å². The molecule has 0 aromatic heterocycles. The summed E-state index contributed by atoms with van der Waals surface area (Å²) in [6.07, 6.45) is 5.48. The van der Waals surface area contributed by atoms with E-state index in [1.165, 1.54) is 12.5 Å². The zero-order valence-electron chi connectivity index (χ0n) is 11.6. The smallest absolute Gasteiger partial charge is 0.253 e. The van der Waals surface area contributed by atoms with Crippen LogP contribution < -0.4 is 10.6 Å². The lowest BCUT2D eigenvalue weighted by Gasteiger charge is -2.34. The molecule has 104 valence electrons. The Hall–Kier alpha value is -1.58. The Labute approximate surface area is 113 Å². The predicted octanol–water partition coefficient (Wildman–Crippen LogP) is 3.32. The maximum absolute atomic E-state index is 13.6. The van der Waals surface area contributed by atoms with Crippen molar-refractivity contribution in [3.05, 3.63) is 29.6 Å². The predicted molar refractivity (Wildman–Crippen MR) is 74.9 cm³/mol. The first-order valence-corrected chi connectivity index (χ1v) is 6.84. The van der Waals surface area contributed by atoms with E-state index in [1.807, 2.05) is 0 Å². The first-order valence-electron chi connectivity index (χ1n) is 6.84. The van der Waals surface area contributed by atoms with Crippen molar-refractivity contribution >= 4 is 11.6 Å². The SMILES string of the molecule is CNc1c(F)cccc1C(=O)NC1(C)CCCCC1. The number of carbonyl (C=O) groups is 1. The third-order valence-electron chi connectivity index (χ3n) is 3.88. The molecule has 1 fully saturated rings. The van der Waals surface area contributed by atoms with Gasteiger partial charge >= 0.3 is 0 Å². The van der Waals surface area contributed by atoms with Crippen LogP contribution in [0, 0.1) is 5.82 Å². The van der Waals surface area contributed by atoms with Gasteiger partial charge in [-0.25, -0.2) is 4.39 Å². The highest BCUT2D eigenvalue weighted by Crippen LogP contribution is 2.28. The zero-order valence-corrected chi connectivity index (χ0v) is 11.6. The monoisotopic (exact) mass is 264 g/mol. The van der Waals surface area contributed by atoms with E-state index in [1.54, 1.807) is 19.2 Å². The molecule has 4 heteroatoms. The van der Waals surface area contributed by atoms with Crippen molar-refractivity contribution < 1.29 is 9.18 Å². The molecule has 3 nitrogen and oxygen atoms in total. The number of halogens is 1. The Morgan fingerprint density at radius 3 is 2.58 bits per heavy atom. The highest BCUT2D eigenvalue weighted by Gasteiger charge is 2.29. The number of carbonyl (C=O) groups excluding carboxylic acids is 1. The maximum Gasteiger partial charge on any atom is 0.253 e. The molecule has 0 spiro atoms. The molecule has 0 bridgehead atoms. The van der Waals surface area contributed by atoms with Gasteiger partial charge in [0, 0.05) is 12.6 Å². The summed E-state index contributed by atoms with van der Waals surface area (Å²) < 4.78 is 13.6. The molecule has 1 saturated carbocycles. The molecule has 1 aromatic rings. The lowest BCUT2D eigenvalue weighted by atomic mass is 9.83. The van der Waals surface area contributed by atoms with E-state index in [9.17, 15) is 9.18 Å². The lowest BCUT2D eigenvalue weighted by molar-refractivity contribution is 0.0883.